The summed E-state index contributed by atoms with van der Waals surface area (Å²) in [7, 11) is 0. The van der Waals surface area contributed by atoms with Gasteiger partial charge in [0.05, 0.1) is 6.54 Å². The zero-order chi connectivity index (χ0) is 12.0. The zero-order valence-electron chi connectivity index (χ0n) is 10.3. The number of halogens is 1. The highest BCUT2D eigenvalue weighted by Gasteiger charge is 2.06. The third-order valence-electron chi connectivity index (χ3n) is 2.37. The second kappa shape index (κ2) is 6.86. The molecule has 1 unspecified atom stereocenters. The first-order valence-electron chi connectivity index (χ1n) is 5.84. The van der Waals surface area contributed by atoms with Gasteiger partial charge in [0.25, 0.3) is 0 Å². The Labute approximate surface area is 102 Å². The molecule has 1 heterocycles. The molecule has 0 aliphatic heterocycles. The molecule has 0 aromatic carbocycles. The predicted molar refractivity (Wildman–Crippen MR) is 66.7 cm³/mol. The SMILES string of the molecule is CC(Cl)CCCNCc1ncnn1C(C)C. The van der Waals surface area contributed by atoms with Gasteiger partial charge >= 0.3 is 0 Å². The van der Waals surface area contributed by atoms with Crippen LogP contribution in [0.4, 0.5) is 0 Å². The van der Waals surface area contributed by atoms with Crippen LogP contribution < -0.4 is 5.32 Å². The molecule has 0 fully saturated rings. The minimum absolute atomic E-state index is 0.265. The monoisotopic (exact) mass is 244 g/mol. The average Bonchev–Trinajstić information content (AvgIpc) is 2.65. The highest BCUT2D eigenvalue weighted by molar-refractivity contribution is 6.20. The molecular formula is C11H21ClN4. The Morgan fingerprint density at radius 3 is 2.81 bits per heavy atom. The van der Waals surface area contributed by atoms with Crippen LogP contribution in [0.3, 0.4) is 0 Å². The Morgan fingerprint density at radius 2 is 2.19 bits per heavy atom. The van der Waals surface area contributed by atoms with Gasteiger partial charge in [-0.3, -0.25) is 0 Å². The summed E-state index contributed by atoms with van der Waals surface area (Å²) in [6.07, 6.45) is 3.75. The van der Waals surface area contributed by atoms with E-state index in [-0.39, 0.29) is 5.38 Å². The molecule has 0 aliphatic carbocycles. The number of hydrogen-bond donors (Lipinski definition) is 1. The molecule has 0 radical (unpaired) electrons. The molecule has 0 amide bonds. The number of nitrogens with one attached hydrogen (secondary N) is 1. The Morgan fingerprint density at radius 1 is 1.44 bits per heavy atom. The van der Waals surface area contributed by atoms with Crippen molar-refractivity contribution in [2.45, 2.75) is 51.6 Å². The van der Waals surface area contributed by atoms with Crippen LogP contribution in [0.1, 0.15) is 45.5 Å². The van der Waals surface area contributed by atoms with E-state index in [1.165, 1.54) is 0 Å². The molecule has 0 bridgehead atoms. The van der Waals surface area contributed by atoms with Gasteiger partial charge in [-0.1, -0.05) is 0 Å². The van der Waals surface area contributed by atoms with Crippen molar-refractivity contribution in [3.8, 4) is 0 Å². The number of alkyl halides is 1. The first-order valence-corrected chi connectivity index (χ1v) is 6.28. The van der Waals surface area contributed by atoms with Crippen LogP contribution in [-0.2, 0) is 6.54 Å². The maximum absolute atomic E-state index is 5.87. The number of nitrogens with zero attached hydrogens (tertiary/aromatic N) is 3. The van der Waals surface area contributed by atoms with Crippen molar-refractivity contribution in [3.05, 3.63) is 12.2 Å². The van der Waals surface area contributed by atoms with Gasteiger partial charge in [0.15, 0.2) is 0 Å². The van der Waals surface area contributed by atoms with Crippen molar-refractivity contribution in [3.63, 3.8) is 0 Å². The lowest BCUT2D eigenvalue weighted by Crippen LogP contribution is -2.20. The highest BCUT2D eigenvalue weighted by Crippen LogP contribution is 2.05. The average molecular weight is 245 g/mol. The first kappa shape index (κ1) is 13.5. The lowest BCUT2D eigenvalue weighted by atomic mass is 10.2. The van der Waals surface area contributed by atoms with E-state index in [2.05, 4.69) is 29.2 Å². The van der Waals surface area contributed by atoms with Crippen molar-refractivity contribution in [2.75, 3.05) is 6.54 Å². The fourth-order valence-corrected chi connectivity index (χ4v) is 1.69. The summed E-state index contributed by atoms with van der Waals surface area (Å²) in [4.78, 5) is 4.23. The Balaban J connectivity index is 2.24. The molecule has 0 spiro atoms. The molecular weight excluding hydrogens is 224 g/mol. The second-order valence-electron chi connectivity index (χ2n) is 4.31. The maximum atomic E-state index is 5.87. The summed E-state index contributed by atoms with van der Waals surface area (Å²) in [5.74, 6) is 0.994. The van der Waals surface area contributed by atoms with E-state index in [0.717, 1.165) is 31.8 Å². The topological polar surface area (TPSA) is 42.7 Å². The fourth-order valence-electron chi connectivity index (χ4n) is 1.54. The van der Waals surface area contributed by atoms with Crippen molar-refractivity contribution in [2.24, 2.45) is 0 Å². The first-order chi connectivity index (χ1) is 7.61. The number of hydrogen-bond acceptors (Lipinski definition) is 3. The van der Waals surface area contributed by atoms with Crippen LogP contribution in [0.15, 0.2) is 6.33 Å². The molecule has 1 aromatic heterocycles. The minimum atomic E-state index is 0.265. The van der Waals surface area contributed by atoms with E-state index in [0.29, 0.717) is 6.04 Å². The number of rotatable bonds is 7. The molecule has 1 N–H and O–H groups in total. The van der Waals surface area contributed by atoms with E-state index >= 15 is 0 Å². The summed E-state index contributed by atoms with van der Waals surface area (Å²) >= 11 is 5.87. The molecule has 1 rings (SSSR count). The van der Waals surface area contributed by atoms with Gasteiger partial charge in [0, 0.05) is 11.4 Å². The van der Waals surface area contributed by atoms with Gasteiger partial charge in [-0.25, -0.2) is 9.67 Å². The van der Waals surface area contributed by atoms with Crippen molar-refractivity contribution >= 4 is 11.6 Å². The standard InChI is InChI=1S/C11H21ClN4/c1-9(2)16-11(14-8-15-16)7-13-6-4-5-10(3)12/h8-10,13H,4-7H2,1-3H3. The van der Waals surface area contributed by atoms with Crippen molar-refractivity contribution in [1.29, 1.82) is 0 Å². The summed E-state index contributed by atoms with van der Waals surface area (Å²) in [6, 6.07) is 0.363. The molecule has 0 aliphatic rings. The third kappa shape index (κ3) is 4.49. The minimum Gasteiger partial charge on any atom is -0.310 e. The van der Waals surface area contributed by atoms with E-state index in [9.17, 15) is 0 Å². The second-order valence-corrected chi connectivity index (χ2v) is 5.06. The highest BCUT2D eigenvalue weighted by atomic mass is 35.5. The normalized spacial score (nSPS) is 13.3. The zero-order valence-corrected chi connectivity index (χ0v) is 11.0. The van der Waals surface area contributed by atoms with E-state index in [1.807, 2.05) is 11.6 Å². The third-order valence-corrected chi connectivity index (χ3v) is 2.59. The van der Waals surface area contributed by atoms with E-state index < -0.39 is 0 Å². The summed E-state index contributed by atoms with van der Waals surface area (Å²) < 4.78 is 1.94. The molecule has 16 heavy (non-hydrogen) atoms. The quantitative estimate of drug-likeness (QED) is 0.592. The summed E-state index contributed by atoms with van der Waals surface area (Å²) in [5, 5.41) is 7.81. The molecule has 1 aromatic rings. The summed E-state index contributed by atoms with van der Waals surface area (Å²) in [5.41, 5.74) is 0. The Hall–Kier alpha value is -0.610. The van der Waals surface area contributed by atoms with Gasteiger partial charge < -0.3 is 5.32 Å². The van der Waals surface area contributed by atoms with Crippen molar-refractivity contribution in [1.82, 2.24) is 20.1 Å². The van der Waals surface area contributed by atoms with Crippen LogP contribution in [0.25, 0.3) is 0 Å². The predicted octanol–water partition coefficient (Wildman–Crippen LogP) is 2.36. The maximum Gasteiger partial charge on any atom is 0.141 e. The van der Waals surface area contributed by atoms with Gasteiger partial charge in [-0.05, 0) is 40.2 Å². The lowest BCUT2D eigenvalue weighted by molar-refractivity contribution is 0.487. The van der Waals surface area contributed by atoms with E-state index in [1.54, 1.807) is 6.33 Å². The Bertz CT molecular complexity index is 296. The largest absolute Gasteiger partial charge is 0.310 e. The van der Waals surface area contributed by atoms with Crippen molar-refractivity contribution < 1.29 is 0 Å². The van der Waals surface area contributed by atoms with Gasteiger partial charge in [0.1, 0.15) is 12.2 Å². The molecule has 5 heteroatoms. The van der Waals surface area contributed by atoms with Crippen LogP contribution in [0.5, 0.6) is 0 Å². The summed E-state index contributed by atoms with van der Waals surface area (Å²) in [6.45, 7) is 7.98. The van der Waals surface area contributed by atoms with Crippen LogP contribution in [0, 0.1) is 0 Å². The number of aromatic nitrogens is 3. The van der Waals surface area contributed by atoms with Gasteiger partial charge in [0.2, 0.25) is 0 Å². The molecule has 1 atom stereocenters. The van der Waals surface area contributed by atoms with Gasteiger partial charge in [-0.15, -0.1) is 11.6 Å². The molecule has 4 nitrogen and oxygen atoms in total. The van der Waals surface area contributed by atoms with Crippen LogP contribution in [-0.4, -0.2) is 26.7 Å². The van der Waals surface area contributed by atoms with E-state index in [4.69, 9.17) is 11.6 Å². The van der Waals surface area contributed by atoms with Gasteiger partial charge in [-0.2, -0.15) is 5.10 Å². The lowest BCUT2D eigenvalue weighted by Gasteiger charge is -2.10. The fraction of sp³-hybridized carbons (Fsp3) is 0.818. The molecule has 92 valence electrons. The Kier molecular flexibility index (Phi) is 5.77. The smallest absolute Gasteiger partial charge is 0.141 e. The van der Waals surface area contributed by atoms with Crippen LogP contribution >= 0.6 is 11.6 Å². The molecule has 0 saturated carbocycles. The molecule has 0 saturated heterocycles. The van der Waals surface area contributed by atoms with Crippen LogP contribution in [0.2, 0.25) is 0 Å².